The van der Waals surface area contributed by atoms with Gasteiger partial charge in [-0.2, -0.15) is 0 Å². The standard InChI is InChI=1S/C16H14N2O4/c1-21-13-9-7-12(8-10-13)16-15(18(19)20)14(17-22-16)11-5-3-2-4-6-11/h2-10,15-16H,1H3/t15-,16+/m1/s1. The molecule has 1 aliphatic rings. The fourth-order valence-electron chi connectivity index (χ4n) is 2.45. The number of benzene rings is 2. The van der Waals surface area contributed by atoms with Gasteiger partial charge >= 0.3 is 6.04 Å². The Balaban J connectivity index is 1.92. The quantitative estimate of drug-likeness (QED) is 0.642. The summed E-state index contributed by atoms with van der Waals surface area (Å²) in [6, 6.07) is 15.0. The molecule has 112 valence electrons. The van der Waals surface area contributed by atoms with Gasteiger partial charge in [-0.25, -0.2) is 0 Å². The maximum absolute atomic E-state index is 11.5. The Morgan fingerprint density at radius 3 is 2.41 bits per heavy atom. The molecule has 0 N–H and O–H groups in total. The minimum atomic E-state index is -1.03. The highest BCUT2D eigenvalue weighted by Gasteiger charge is 2.45. The van der Waals surface area contributed by atoms with Crippen LogP contribution in [0.15, 0.2) is 59.8 Å². The van der Waals surface area contributed by atoms with E-state index in [4.69, 9.17) is 9.57 Å². The van der Waals surface area contributed by atoms with Gasteiger partial charge in [0.15, 0.2) is 5.71 Å². The number of nitro groups is 1. The molecule has 0 saturated heterocycles. The van der Waals surface area contributed by atoms with Crippen molar-refractivity contribution < 1.29 is 14.5 Å². The van der Waals surface area contributed by atoms with Crippen molar-refractivity contribution in [3.05, 3.63) is 75.8 Å². The smallest absolute Gasteiger partial charge is 0.301 e. The van der Waals surface area contributed by atoms with Crippen LogP contribution >= 0.6 is 0 Å². The fraction of sp³-hybridized carbons (Fsp3) is 0.188. The minimum Gasteiger partial charge on any atom is -0.497 e. The average Bonchev–Trinajstić information content (AvgIpc) is 3.01. The van der Waals surface area contributed by atoms with Crippen LogP contribution in [0.5, 0.6) is 5.75 Å². The number of hydrogen-bond donors (Lipinski definition) is 0. The molecule has 0 aliphatic carbocycles. The number of rotatable bonds is 4. The summed E-state index contributed by atoms with van der Waals surface area (Å²) < 4.78 is 5.09. The fourth-order valence-corrected chi connectivity index (χ4v) is 2.45. The van der Waals surface area contributed by atoms with Crippen molar-refractivity contribution in [2.75, 3.05) is 7.11 Å². The zero-order valence-electron chi connectivity index (χ0n) is 11.9. The van der Waals surface area contributed by atoms with E-state index < -0.39 is 12.1 Å². The third-order valence-corrected chi connectivity index (χ3v) is 3.57. The predicted octanol–water partition coefficient (Wildman–Crippen LogP) is 2.82. The zero-order valence-corrected chi connectivity index (χ0v) is 11.9. The number of nitrogens with zero attached hydrogens (tertiary/aromatic N) is 2. The maximum Gasteiger partial charge on any atom is 0.301 e. The molecule has 22 heavy (non-hydrogen) atoms. The highest BCUT2D eigenvalue weighted by molar-refractivity contribution is 6.04. The lowest BCUT2D eigenvalue weighted by Crippen LogP contribution is -2.32. The Morgan fingerprint density at radius 1 is 1.14 bits per heavy atom. The maximum atomic E-state index is 11.5. The third kappa shape index (κ3) is 2.50. The molecule has 6 heteroatoms. The molecule has 2 aromatic carbocycles. The molecule has 0 radical (unpaired) electrons. The van der Waals surface area contributed by atoms with Gasteiger partial charge in [0.1, 0.15) is 5.75 Å². The van der Waals surface area contributed by atoms with Gasteiger partial charge < -0.3 is 9.57 Å². The van der Waals surface area contributed by atoms with Crippen molar-refractivity contribution in [2.45, 2.75) is 12.1 Å². The molecular formula is C16H14N2O4. The summed E-state index contributed by atoms with van der Waals surface area (Å²) in [6.07, 6.45) is -0.740. The summed E-state index contributed by atoms with van der Waals surface area (Å²) >= 11 is 0. The van der Waals surface area contributed by atoms with Crippen molar-refractivity contribution in [3.63, 3.8) is 0 Å². The first-order chi connectivity index (χ1) is 10.7. The summed E-state index contributed by atoms with van der Waals surface area (Å²) in [7, 11) is 1.57. The second-order valence-corrected chi connectivity index (χ2v) is 4.87. The van der Waals surface area contributed by atoms with Crippen LogP contribution in [0.2, 0.25) is 0 Å². The molecule has 6 nitrogen and oxygen atoms in total. The zero-order chi connectivity index (χ0) is 15.5. The molecule has 3 rings (SSSR count). The van der Waals surface area contributed by atoms with Crippen LogP contribution in [0.25, 0.3) is 0 Å². The van der Waals surface area contributed by atoms with Gasteiger partial charge in [0.05, 0.1) is 7.11 Å². The largest absolute Gasteiger partial charge is 0.497 e. The Labute approximate surface area is 127 Å². The van der Waals surface area contributed by atoms with E-state index in [2.05, 4.69) is 5.16 Å². The van der Waals surface area contributed by atoms with E-state index in [1.165, 1.54) is 0 Å². The van der Waals surface area contributed by atoms with Gasteiger partial charge in [-0.15, -0.1) is 0 Å². The van der Waals surface area contributed by atoms with Crippen LogP contribution in [0.4, 0.5) is 0 Å². The first-order valence-electron chi connectivity index (χ1n) is 6.77. The van der Waals surface area contributed by atoms with E-state index in [1.807, 2.05) is 18.2 Å². The molecule has 0 saturated carbocycles. The minimum absolute atomic E-state index is 0.339. The third-order valence-electron chi connectivity index (χ3n) is 3.57. The van der Waals surface area contributed by atoms with Crippen LogP contribution in [-0.4, -0.2) is 23.8 Å². The van der Waals surface area contributed by atoms with Gasteiger partial charge in [-0.3, -0.25) is 10.1 Å². The Morgan fingerprint density at radius 2 is 1.82 bits per heavy atom. The van der Waals surface area contributed by atoms with Gasteiger partial charge in [0, 0.05) is 16.1 Å². The van der Waals surface area contributed by atoms with Crippen molar-refractivity contribution in [3.8, 4) is 5.75 Å². The summed E-state index contributed by atoms with van der Waals surface area (Å²) in [4.78, 5) is 16.5. The van der Waals surface area contributed by atoms with Crippen LogP contribution in [0, 0.1) is 10.1 Å². The lowest BCUT2D eigenvalue weighted by Gasteiger charge is -2.13. The molecular weight excluding hydrogens is 284 g/mol. The topological polar surface area (TPSA) is 74.0 Å². The monoisotopic (exact) mass is 298 g/mol. The Bertz CT molecular complexity index is 698. The van der Waals surface area contributed by atoms with Crippen molar-refractivity contribution in [1.82, 2.24) is 0 Å². The van der Waals surface area contributed by atoms with Crippen molar-refractivity contribution >= 4 is 5.71 Å². The van der Waals surface area contributed by atoms with Gasteiger partial charge in [0.2, 0.25) is 6.10 Å². The predicted molar refractivity (Wildman–Crippen MR) is 80.6 cm³/mol. The molecule has 2 atom stereocenters. The molecule has 2 aromatic rings. The van der Waals surface area contributed by atoms with E-state index in [0.29, 0.717) is 22.6 Å². The van der Waals surface area contributed by atoms with E-state index in [9.17, 15) is 10.1 Å². The molecule has 0 unspecified atom stereocenters. The summed E-state index contributed by atoms with van der Waals surface area (Å²) in [5.74, 6) is 0.684. The summed E-state index contributed by atoms with van der Waals surface area (Å²) in [5.41, 5.74) is 1.73. The van der Waals surface area contributed by atoms with Crippen LogP contribution in [0.1, 0.15) is 17.2 Å². The normalized spacial score (nSPS) is 20.1. The second-order valence-electron chi connectivity index (χ2n) is 4.87. The second kappa shape index (κ2) is 5.85. The highest BCUT2D eigenvalue weighted by Crippen LogP contribution is 2.32. The Kier molecular flexibility index (Phi) is 3.74. The Hall–Kier alpha value is -2.89. The molecule has 0 bridgehead atoms. The first-order valence-corrected chi connectivity index (χ1v) is 6.77. The molecule has 1 heterocycles. The van der Waals surface area contributed by atoms with E-state index >= 15 is 0 Å². The molecule has 0 amide bonds. The van der Waals surface area contributed by atoms with Crippen molar-refractivity contribution in [1.29, 1.82) is 0 Å². The molecule has 0 fully saturated rings. The summed E-state index contributed by atoms with van der Waals surface area (Å²) in [6.45, 7) is 0. The summed E-state index contributed by atoms with van der Waals surface area (Å²) in [5, 5.41) is 15.5. The van der Waals surface area contributed by atoms with Gasteiger partial charge in [-0.1, -0.05) is 47.6 Å². The van der Waals surface area contributed by atoms with Crippen LogP contribution in [0.3, 0.4) is 0 Å². The van der Waals surface area contributed by atoms with Crippen LogP contribution in [-0.2, 0) is 4.84 Å². The number of oxime groups is 1. The number of ether oxygens (including phenoxy) is 1. The average molecular weight is 298 g/mol. The van der Waals surface area contributed by atoms with E-state index in [0.717, 1.165) is 0 Å². The number of methoxy groups -OCH3 is 1. The van der Waals surface area contributed by atoms with Crippen LogP contribution < -0.4 is 4.74 Å². The molecule has 1 aliphatic heterocycles. The first kappa shape index (κ1) is 14.1. The van der Waals surface area contributed by atoms with E-state index in [-0.39, 0.29) is 4.92 Å². The van der Waals surface area contributed by atoms with Gasteiger partial charge in [-0.05, 0) is 12.1 Å². The molecule has 0 spiro atoms. The lowest BCUT2D eigenvalue weighted by atomic mass is 9.95. The van der Waals surface area contributed by atoms with Gasteiger partial charge in [0.25, 0.3) is 0 Å². The van der Waals surface area contributed by atoms with Crippen molar-refractivity contribution in [2.24, 2.45) is 5.16 Å². The number of hydrogen-bond acceptors (Lipinski definition) is 5. The molecule has 0 aromatic heterocycles. The highest BCUT2D eigenvalue weighted by atomic mass is 16.7. The lowest BCUT2D eigenvalue weighted by molar-refractivity contribution is -0.512. The van der Waals surface area contributed by atoms with E-state index in [1.54, 1.807) is 43.5 Å². The SMILES string of the molecule is COc1ccc([C@@H]2ON=C(c3ccccc3)[C@H]2[N+](=O)[O-])cc1.